The van der Waals surface area contributed by atoms with Crippen molar-refractivity contribution in [2.45, 2.75) is 58.2 Å². The lowest BCUT2D eigenvalue weighted by Gasteiger charge is -2.36. The van der Waals surface area contributed by atoms with Crippen LogP contribution < -0.4 is 0 Å². The van der Waals surface area contributed by atoms with Crippen LogP contribution >= 0.6 is 0 Å². The van der Waals surface area contributed by atoms with Crippen molar-refractivity contribution < 1.29 is 19.1 Å². The number of ether oxygens (including phenoxy) is 2. The molecule has 0 heterocycles. The van der Waals surface area contributed by atoms with Gasteiger partial charge in [0.05, 0.1) is 11.1 Å². The topological polar surface area (TPSA) is 52.6 Å². The summed E-state index contributed by atoms with van der Waals surface area (Å²) in [5.74, 6) is -0.796. The molecule has 0 aliphatic heterocycles. The van der Waals surface area contributed by atoms with Crippen molar-refractivity contribution in [3.05, 3.63) is 71.8 Å². The van der Waals surface area contributed by atoms with Crippen molar-refractivity contribution in [3.63, 3.8) is 0 Å². The Hall–Kier alpha value is -2.62. The molecule has 0 N–H and O–H groups in total. The highest BCUT2D eigenvalue weighted by Gasteiger charge is 2.40. The summed E-state index contributed by atoms with van der Waals surface area (Å²) in [6.45, 7) is 5.90. The van der Waals surface area contributed by atoms with Crippen molar-refractivity contribution in [1.82, 2.24) is 0 Å². The summed E-state index contributed by atoms with van der Waals surface area (Å²) in [6.07, 6.45) is 2.34. The smallest absolute Gasteiger partial charge is 0.338 e. The van der Waals surface area contributed by atoms with Crippen molar-refractivity contribution in [3.8, 4) is 0 Å². The van der Waals surface area contributed by atoms with Crippen LogP contribution in [0.4, 0.5) is 0 Å². The fourth-order valence-electron chi connectivity index (χ4n) is 3.14. The number of hydrogen-bond donors (Lipinski definition) is 0. The molecule has 0 aromatic heterocycles. The highest BCUT2D eigenvalue weighted by atomic mass is 16.6. The van der Waals surface area contributed by atoms with Gasteiger partial charge in [0, 0.05) is 0 Å². The molecule has 0 amide bonds. The summed E-state index contributed by atoms with van der Waals surface area (Å²) in [6, 6.07) is 17.8. The van der Waals surface area contributed by atoms with Gasteiger partial charge in [0.25, 0.3) is 0 Å². The molecule has 2 aromatic carbocycles. The van der Waals surface area contributed by atoms with Crippen molar-refractivity contribution in [2.75, 3.05) is 0 Å². The first-order valence-corrected chi connectivity index (χ1v) is 9.54. The van der Waals surface area contributed by atoms with Crippen LogP contribution in [0, 0.1) is 0 Å². The van der Waals surface area contributed by atoms with Gasteiger partial charge in [-0.15, -0.1) is 0 Å². The van der Waals surface area contributed by atoms with Gasteiger partial charge in [0.1, 0.15) is 11.7 Å². The predicted octanol–water partition coefficient (Wildman–Crippen LogP) is 5.43. The molecule has 0 saturated heterocycles. The summed E-state index contributed by atoms with van der Waals surface area (Å²) < 4.78 is 11.7. The first-order valence-electron chi connectivity index (χ1n) is 9.54. The van der Waals surface area contributed by atoms with E-state index in [1.54, 1.807) is 48.5 Å². The van der Waals surface area contributed by atoms with Gasteiger partial charge in [-0.3, -0.25) is 0 Å². The monoisotopic (exact) mass is 368 g/mol. The van der Waals surface area contributed by atoms with Gasteiger partial charge in [-0.25, -0.2) is 9.59 Å². The minimum atomic E-state index is -0.887. The zero-order chi connectivity index (χ0) is 19.7. The molecule has 0 saturated carbocycles. The van der Waals surface area contributed by atoms with Gasteiger partial charge >= 0.3 is 11.9 Å². The fourth-order valence-corrected chi connectivity index (χ4v) is 3.14. The first kappa shape index (κ1) is 20.7. The third-order valence-corrected chi connectivity index (χ3v) is 4.57. The first-order chi connectivity index (χ1) is 13.0. The number of carbonyl (C=O) groups is 2. The summed E-state index contributed by atoms with van der Waals surface area (Å²) in [5.41, 5.74) is 0.0959. The van der Waals surface area contributed by atoms with E-state index in [0.29, 0.717) is 24.0 Å². The molecule has 2 aromatic rings. The van der Waals surface area contributed by atoms with Crippen LogP contribution in [0.1, 0.15) is 67.2 Å². The maximum Gasteiger partial charge on any atom is 0.338 e. The molecule has 0 bridgehead atoms. The normalized spacial score (nSPS) is 14.0. The maximum atomic E-state index is 12.6. The second-order valence-corrected chi connectivity index (χ2v) is 6.87. The van der Waals surface area contributed by atoms with Crippen LogP contribution in [0.25, 0.3) is 0 Å². The van der Waals surface area contributed by atoms with Gasteiger partial charge in [0.2, 0.25) is 0 Å². The lowest BCUT2D eigenvalue weighted by molar-refractivity contribution is -0.0948. The van der Waals surface area contributed by atoms with Crippen LogP contribution in [-0.4, -0.2) is 23.6 Å². The van der Waals surface area contributed by atoms with Crippen molar-refractivity contribution >= 4 is 11.9 Å². The highest BCUT2D eigenvalue weighted by Crippen LogP contribution is 2.30. The zero-order valence-corrected chi connectivity index (χ0v) is 16.3. The second-order valence-electron chi connectivity index (χ2n) is 6.87. The molecule has 4 nitrogen and oxygen atoms in total. The largest absolute Gasteiger partial charge is 0.455 e. The number of carbonyl (C=O) groups excluding carboxylic acids is 2. The van der Waals surface area contributed by atoms with Gasteiger partial charge in [-0.1, -0.05) is 63.1 Å². The summed E-state index contributed by atoms with van der Waals surface area (Å²) in [5, 5.41) is 0. The Morgan fingerprint density at radius 2 is 1.37 bits per heavy atom. The molecule has 2 rings (SSSR count). The molecule has 144 valence electrons. The van der Waals surface area contributed by atoms with E-state index in [0.717, 1.165) is 12.8 Å². The average molecular weight is 368 g/mol. The molecule has 0 radical (unpaired) electrons. The Bertz CT molecular complexity index is 727. The van der Waals surface area contributed by atoms with Gasteiger partial charge in [-0.2, -0.15) is 0 Å². The van der Waals surface area contributed by atoms with Crippen molar-refractivity contribution in [1.29, 1.82) is 0 Å². The van der Waals surface area contributed by atoms with E-state index in [2.05, 4.69) is 0 Å². The zero-order valence-electron chi connectivity index (χ0n) is 16.3. The molecule has 2 unspecified atom stereocenters. The van der Waals surface area contributed by atoms with Crippen LogP contribution in [-0.2, 0) is 9.47 Å². The highest BCUT2D eigenvalue weighted by molar-refractivity contribution is 5.90. The lowest BCUT2D eigenvalue weighted by Crippen LogP contribution is -2.46. The quantitative estimate of drug-likeness (QED) is 0.554. The second kappa shape index (κ2) is 9.91. The van der Waals surface area contributed by atoms with E-state index in [4.69, 9.17) is 9.47 Å². The molecule has 2 atom stereocenters. The van der Waals surface area contributed by atoms with E-state index in [1.807, 2.05) is 32.9 Å². The Morgan fingerprint density at radius 1 is 0.852 bits per heavy atom. The third kappa shape index (κ3) is 5.68. The molecular formula is C23H28O4. The Kier molecular flexibility index (Phi) is 7.59. The van der Waals surface area contributed by atoms with E-state index in [1.165, 1.54) is 0 Å². The van der Waals surface area contributed by atoms with Gasteiger partial charge < -0.3 is 9.47 Å². The van der Waals surface area contributed by atoms with Crippen LogP contribution in [0.15, 0.2) is 60.7 Å². The Labute approximate surface area is 161 Å². The number of benzene rings is 2. The minimum absolute atomic E-state index is 0.396. The molecule has 0 aliphatic rings. The molecule has 27 heavy (non-hydrogen) atoms. The molecule has 0 aliphatic carbocycles. The average Bonchev–Trinajstić information content (AvgIpc) is 2.69. The number of hydrogen-bond acceptors (Lipinski definition) is 4. The molecule has 0 fully saturated rings. The van der Waals surface area contributed by atoms with Crippen LogP contribution in [0.5, 0.6) is 0 Å². The predicted molar refractivity (Wildman–Crippen MR) is 106 cm³/mol. The number of rotatable bonds is 9. The molecule has 4 heteroatoms. The third-order valence-electron chi connectivity index (χ3n) is 4.57. The molecular weight excluding hydrogens is 340 g/mol. The summed E-state index contributed by atoms with van der Waals surface area (Å²) in [4.78, 5) is 25.2. The molecule has 0 spiro atoms. The van der Waals surface area contributed by atoms with E-state index >= 15 is 0 Å². The Morgan fingerprint density at radius 3 is 1.85 bits per heavy atom. The van der Waals surface area contributed by atoms with Crippen LogP contribution in [0.3, 0.4) is 0 Å². The van der Waals surface area contributed by atoms with Gasteiger partial charge in [0.15, 0.2) is 0 Å². The van der Waals surface area contributed by atoms with E-state index in [-0.39, 0.29) is 0 Å². The standard InChI is InChI=1S/C23H28O4/c1-4-12-20(26-21(24)18-13-8-6-9-14-18)23(3,17-5-2)27-22(25)19-15-10-7-11-16-19/h6-11,13-16,20H,4-5,12,17H2,1-3H3. The van der Waals surface area contributed by atoms with E-state index < -0.39 is 23.6 Å². The lowest BCUT2D eigenvalue weighted by atomic mass is 9.90. The summed E-state index contributed by atoms with van der Waals surface area (Å²) >= 11 is 0. The maximum absolute atomic E-state index is 12.6. The van der Waals surface area contributed by atoms with Gasteiger partial charge in [-0.05, 0) is 44.0 Å². The minimum Gasteiger partial charge on any atom is -0.455 e. The summed E-state index contributed by atoms with van der Waals surface area (Å²) in [7, 11) is 0. The van der Waals surface area contributed by atoms with Crippen molar-refractivity contribution in [2.24, 2.45) is 0 Å². The SMILES string of the molecule is CCCC(OC(=O)c1ccccc1)C(C)(CCC)OC(=O)c1ccccc1. The Balaban J connectivity index is 2.22. The fraction of sp³-hybridized carbons (Fsp3) is 0.391. The number of esters is 2. The van der Waals surface area contributed by atoms with E-state index in [9.17, 15) is 9.59 Å². The van der Waals surface area contributed by atoms with Crippen LogP contribution in [0.2, 0.25) is 0 Å².